The minimum Gasteiger partial charge on any atom is -0.493 e. The summed E-state index contributed by atoms with van der Waals surface area (Å²) in [7, 11) is 0. The number of hydrogen-bond donors (Lipinski definition) is 0. The zero-order chi connectivity index (χ0) is 28.0. The minimum atomic E-state index is -4.41. The van der Waals surface area contributed by atoms with Gasteiger partial charge in [-0.25, -0.2) is 0 Å². The van der Waals surface area contributed by atoms with E-state index in [-0.39, 0.29) is 17.5 Å². The molecule has 2 aliphatic rings. The maximum absolute atomic E-state index is 12.9. The lowest BCUT2D eigenvalue weighted by Gasteiger charge is -2.39. The van der Waals surface area contributed by atoms with Crippen LogP contribution in [0.1, 0.15) is 58.4 Å². The Morgan fingerprint density at radius 3 is 2.23 bits per heavy atom. The maximum Gasteiger partial charge on any atom is 0.416 e. The van der Waals surface area contributed by atoms with E-state index in [2.05, 4.69) is 42.7 Å². The molecule has 5 nitrogen and oxygen atoms in total. The third-order valence-corrected chi connectivity index (χ3v) is 9.01. The van der Waals surface area contributed by atoms with Crippen LogP contribution in [0.2, 0.25) is 0 Å². The Morgan fingerprint density at radius 1 is 0.923 bits per heavy atom. The standard InChI is InChI=1S/C30H40F3N3O2S/c1-22-23(2)28(38-19-5-4-12-34-17-20-39-21-18-34)11-10-27(22)24(3)35-13-15-36(16-14-35)29(37)25-6-8-26(9-7-25)30(31,32)33/h6-11,24H,4-5,12-21H2,1-3H3. The molecule has 1 atom stereocenters. The second-order valence-electron chi connectivity index (χ2n) is 10.5. The van der Waals surface area contributed by atoms with Gasteiger partial charge in [0.2, 0.25) is 0 Å². The summed E-state index contributed by atoms with van der Waals surface area (Å²) < 4.78 is 44.7. The largest absolute Gasteiger partial charge is 0.493 e. The van der Waals surface area contributed by atoms with E-state index in [4.69, 9.17) is 4.74 Å². The van der Waals surface area contributed by atoms with Gasteiger partial charge in [-0.1, -0.05) is 6.07 Å². The van der Waals surface area contributed by atoms with E-state index in [0.29, 0.717) is 26.2 Å². The number of thioether (sulfide) groups is 1. The second kappa shape index (κ2) is 13.4. The Morgan fingerprint density at radius 2 is 1.59 bits per heavy atom. The molecule has 2 saturated heterocycles. The van der Waals surface area contributed by atoms with Gasteiger partial charge < -0.3 is 14.5 Å². The SMILES string of the molecule is Cc1c(OCCCCN2CCSCC2)ccc(C(C)N2CCN(C(=O)c3ccc(C(F)(F)F)cc3)CC2)c1C. The molecule has 0 aliphatic carbocycles. The van der Waals surface area contributed by atoms with Crippen LogP contribution < -0.4 is 4.74 Å². The maximum atomic E-state index is 12.9. The minimum absolute atomic E-state index is 0.184. The lowest BCUT2D eigenvalue weighted by Crippen LogP contribution is -2.49. The highest BCUT2D eigenvalue weighted by Crippen LogP contribution is 2.32. The first-order chi connectivity index (χ1) is 18.6. The summed E-state index contributed by atoms with van der Waals surface area (Å²) in [5.41, 5.74) is 3.20. The molecule has 2 aliphatic heterocycles. The molecule has 2 aromatic rings. The van der Waals surface area contributed by atoms with Crippen molar-refractivity contribution in [3.63, 3.8) is 0 Å². The number of alkyl halides is 3. The molecule has 0 spiro atoms. The highest BCUT2D eigenvalue weighted by molar-refractivity contribution is 7.99. The van der Waals surface area contributed by atoms with Crippen molar-refractivity contribution in [2.75, 3.05) is 63.9 Å². The number of unbranched alkanes of at least 4 members (excludes halogenated alkanes) is 1. The number of nitrogens with zero attached hydrogens (tertiary/aromatic N) is 3. The fraction of sp³-hybridized carbons (Fsp3) is 0.567. The van der Waals surface area contributed by atoms with Crippen molar-refractivity contribution in [3.05, 3.63) is 64.2 Å². The van der Waals surface area contributed by atoms with Gasteiger partial charge >= 0.3 is 6.18 Å². The molecule has 0 bridgehead atoms. The highest BCUT2D eigenvalue weighted by atomic mass is 32.2. The van der Waals surface area contributed by atoms with Crippen LogP contribution in [0.25, 0.3) is 0 Å². The lowest BCUT2D eigenvalue weighted by atomic mass is 9.96. The fourth-order valence-corrected chi connectivity index (χ4v) is 6.34. The van der Waals surface area contributed by atoms with Gasteiger partial charge in [-0.3, -0.25) is 9.69 Å². The first kappa shape index (κ1) is 29.7. The van der Waals surface area contributed by atoms with E-state index in [1.165, 1.54) is 53.4 Å². The van der Waals surface area contributed by atoms with E-state index in [9.17, 15) is 18.0 Å². The smallest absolute Gasteiger partial charge is 0.416 e. The number of carbonyl (C=O) groups excluding carboxylic acids is 1. The number of rotatable bonds is 9. The van der Waals surface area contributed by atoms with Gasteiger partial charge in [-0.15, -0.1) is 0 Å². The predicted octanol–water partition coefficient (Wildman–Crippen LogP) is 6.05. The zero-order valence-electron chi connectivity index (χ0n) is 23.2. The first-order valence-corrected chi connectivity index (χ1v) is 15.0. The monoisotopic (exact) mass is 563 g/mol. The van der Waals surface area contributed by atoms with Crippen LogP contribution in [0, 0.1) is 13.8 Å². The molecule has 0 saturated carbocycles. The number of ether oxygens (including phenoxy) is 1. The Kier molecular flexibility index (Phi) is 10.2. The number of amides is 1. The topological polar surface area (TPSA) is 36.0 Å². The zero-order valence-corrected chi connectivity index (χ0v) is 24.0. The van der Waals surface area contributed by atoms with Crippen molar-refractivity contribution in [2.45, 2.75) is 45.8 Å². The predicted molar refractivity (Wildman–Crippen MR) is 152 cm³/mol. The molecular weight excluding hydrogens is 523 g/mol. The lowest BCUT2D eigenvalue weighted by molar-refractivity contribution is -0.137. The summed E-state index contributed by atoms with van der Waals surface area (Å²) in [5.74, 6) is 3.22. The molecule has 0 radical (unpaired) electrons. The van der Waals surface area contributed by atoms with Crippen molar-refractivity contribution in [2.24, 2.45) is 0 Å². The molecule has 2 heterocycles. The average molecular weight is 564 g/mol. The molecule has 1 unspecified atom stereocenters. The van der Waals surface area contributed by atoms with Gasteiger partial charge in [-0.05, 0) is 87.2 Å². The molecule has 9 heteroatoms. The van der Waals surface area contributed by atoms with Crippen molar-refractivity contribution in [3.8, 4) is 5.75 Å². The summed E-state index contributed by atoms with van der Waals surface area (Å²) in [5, 5.41) is 0. The van der Waals surface area contributed by atoms with Crippen LogP contribution in [-0.4, -0.2) is 84.5 Å². The number of piperazine rings is 1. The molecule has 2 aromatic carbocycles. The van der Waals surface area contributed by atoms with Crippen molar-refractivity contribution in [1.29, 1.82) is 0 Å². The van der Waals surface area contributed by atoms with Gasteiger partial charge in [0.25, 0.3) is 5.91 Å². The summed E-state index contributed by atoms with van der Waals surface area (Å²) >= 11 is 2.04. The van der Waals surface area contributed by atoms with Crippen LogP contribution in [0.15, 0.2) is 36.4 Å². The molecule has 0 N–H and O–H groups in total. The summed E-state index contributed by atoms with van der Waals surface area (Å²) in [6.45, 7) is 13.2. The summed E-state index contributed by atoms with van der Waals surface area (Å²) in [6, 6.07) is 8.91. The molecular formula is C30H40F3N3O2S. The molecule has 39 heavy (non-hydrogen) atoms. The third-order valence-electron chi connectivity index (χ3n) is 8.07. The van der Waals surface area contributed by atoms with Crippen LogP contribution in [0.5, 0.6) is 5.75 Å². The van der Waals surface area contributed by atoms with Gasteiger partial charge in [0.05, 0.1) is 12.2 Å². The van der Waals surface area contributed by atoms with Crippen LogP contribution in [0.3, 0.4) is 0 Å². The van der Waals surface area contributed by atoms with Gasteiger partial charge in [-0.2, -0.15) is 24.9 Å². The van der Waals surface area contributed by atoms with Crippen molar-refractivity contribution in [1.82, 2.24) is 14.7 Å². The normalized spacial score (nSPS) is 18.3. The molecule has 214 valence electrons. The average Bonchev–Trinajstić information content (AvgIpc) is 2.94. The Hall–Kier alpha value is -2.23. The van der Waals surface area contributed by atoms with Gasteiger partial charge in [0, 0.05) is 62.4 Å². The Bertz CT molecular complexity index is 1100. The molecule has 4 rings (SSSR count). The van der Waals surface area contributed by atoms with Crippen molar-refractivity contribution < 1.29 is 22.7 Å². The second-order valence-corrected chi connectivity index (χ2v) is 11.7. The van der Waals surface area contributed by atoms with Gasteiger partial charge in [0.15, 0.2) is 0 Å². The molecule has 2 fully saturated rings. The van der Waals surface area contributed by atoms with Crippen LogP contribution >= 0.6 is 11.8 Å². The number of halogens is 3. The van der Waals surface area contributed by atoms with E-state index in [1.807, 2.05) is 11.8 Å². The number of carbonyl (C=O) groups is 1. The van der Waals surface area contributed by atoms with E-state index in [1.54, 1.807) is 4.90 Å². The Balaban J connectivity index is 1.26. The number of hydrogen-bond acceptors (Lipinski definition) is 5. The van der Waals surface area contributed by atoms with Crippen LogP contribution in [-0.2, 0) is 6.18 Å². The Labute approximate surface area is 234 Å². The van der Waals surface area contributed by atoms with Crippen LogP contribution in [0.4, 0.5) is 13.2 Å². The summed E-state index contributed by atoms with van der Waals surface area (Å²) in [4.78, 5) is 19.5. The third kappa shape index (κ3) is 7.70. The summed E-state index contributed by atoms with van der Waals surface area (Å²) in [6.07, 6.45) is -2.20. The first-order valence-electron chi connectivity index (χ1n) is 13.9. The van der Waals surface area contributed by atoms with E-state index < -0.39 is 11.7 Å². The van der Waals surface area contributed by atoms with Gasteiger partial charge in [0.1, 0.15) is 5.75 Å². The fourth-order valence-electron chi connectivity index (χ4n) is 5.36. The van der Waals surface area contributed by atoms with Crippen molar-refractivity contribution >= 4 is 17.7 Å². The van der Waals surface area contributed by atoms with E-state index >= 15 is 0 Å². The van der Waals surface area contributed by atoms with E-state index in [0.717, 1.165) is 43.9 Å². The molecule has 0 aromatic heterocycles. The molecule has 1 amide bonds. The quantitative estimate of drug-likeness (QED) is 0.347. The highest BCUT2D eigenvalue weighted by Gasteiger charge is 2.31. The number of benzene rings is 2.